The quantitative estimate of drug-likeness (QED) is 0.451. The zero-order valence-corrected chi connectivity index (χ0v) is 16.2. The second kappa shape index (κ2) is 7.94. The highest BCUT2D eigenvalue weighted by atomic mass is 35.5. The number of halogens is 1. The number of carbonyl (C=O) groups excluding carboxylic acids is 2. The van der Waals surface area contributed by atoms with Crippen LogP contribution in [0.1, 0.15) is 30.5 Å². The van der Waals surface area contributed by atoms with Gasteiger partial charge in [0.1, 0.15) is 17.3 Å². The van der Waals surface area contributed by atoms with Crippen molar-refractivity contribution < 1.29 is 24.5 Å². The Hall–Kier alpha value is -2.99. The average molecular weight is 402 g/mol. The molecule has 1 heterocycles. The van der Waals surface area contributed by atoms with Crippen LogP contribution in [0.5, 0.6) is 11.5 Å². The maximum absolute atomic E-state index is 12.8. The summed E-state index contributed by atoms with van der Waals surface area (Å²) in [5.74, 6) is -1.54. The molecule has 146 valence electrons. The van der Waals surface area contributed by atoms with E-state index in [1.165, 1.54) is 30.2 Å². The lowest BCUT2D eigenvalue weighted by Crippen LogP contribution is -2.30. The molecule has 2 aromatic carbocycles. The van der Waals surface area contributed by atoms with Gasteiger partial charge in [-0.3, -0.25) is 9.59 Å². The largest absolute Gasteiger partial charge is 0.508 e. The summed E-state index contributed by atoms with van der Waals surface area (Å²) in [6, 6.07) is 10.1. The number of ether oxygens (including phenoxy) is 1. The first-order valence-corrected chi connectivity index (χ1v) is 9.18. The van der Waals surface area contributed by atoms with Crippen molar-refractivity contribution in [2.45, 2.75) is 19.4 Å². The van der Waals surface area contributed by atoms with E-state index in [-0.39, 0.29) is 22.6 Å². The molecule has 0 aromatic heterocycles. The molecule has 1 aliphatic rings. The normalized spacial score (nSPS) is 18.5. The predicted octanol–water partition coefficient (Wildman–Crippen LogP) is 3.89. The number of ketones is 1. The first kappa shape index (κ1) is 19.8. The van der Waals surface area contributed by atoms with Gasteiger partial charge < -0.3 is 19.8 Å². The van der Waals surface area contributed by atoms with E-state index in [1.54, 1.807) is 24.3 Å². The molecule has 1 atom stereocenters. The molecule has 28 heavy (non-hydrogen) atoms. The van der Waals surface area contributed by atoms with Crippen LogP contribution in [-0.2, 0) is 9.59 Å². The Labute approximate surface area is 167 Å². The Morgan fingerprint density at radius 3 is 2.61 bits per heavy atom. The van der Waals surface area contributed by atoms with E-state index in [4.69, 9.17) is 16.3 Å². The smallest absolute Gasteiger partial charge is 0.295 e. The number of phenolic OH excluding ortho intramolecular Hbond substituents is 1. The summed E-state index contributed by atoms with van der Waals surface area (Å²) < 4.78 is 5.27. The van der Waals surface area contributed by atoms with Gasteiger partial charge in [-0.1, -0.05) is 30.7 Å². The van der Waals surface area contributed by atoms with Crippen LogP contribution < -0.4 is 4.74 Å². The maximum Gasteiger partial charge on any atom is 0.295 e. The van der Waals surface area contributed by atoms with Gasteiger partial charge >= 0.3 is 0 Å². The second-order valence-electron chi connectivity index (χ2n) is 6.43. The van der Waals surface area contributed by atoms with E-state index in [2.05, 4.69) is 0 Å². The van der Waals surface area contributed by atoms with E-state index >= 15 is 0 Å². The first-order valence-electron chi connectivity index (χ1n) is 8.80. The topological polar surface area (TPSA) is 87.1 Å². The number of Topliss-reactive ketones (excluding diaryl/α,β-unsaturated/α-hetero) is 1. The number of likely N-dealkylation sites (tertiary alicyclic amines) is 1. The molecule has 0 spiro atoms. The number of methoxy groups -OCH3 is 1. The summed E-state index contributed by atoms with van der Waals surface area (Å²) >= 11 is 6.06. The van der Waals surface area contributed by atoms with Gasteiger partial charge in [0.15, 0.2) is 0 Å². The Bertz CT molecular complexity index is 969. The Balaban J connectivity index is 2.26. The summed E-state index contributed by atoms with van der Waals surface area (Å²) in [6.07, 6.45) is 0.628. The van der Waals surface area contributed by atoms with Crippen LogP contribution in [0.4, 0.5) is 0 Å². The third kappa shape index (κ3) is 3.43. The van der Waals surface area contributed by atoms with E-state index < -0.39 is 17.7 Å². The number of rotatable bonds is 5. The lowest BCUT2D eigenvalue weighted by atomic mass is 9.95. The number of amides is 1. The average Bonchev–Trinajstić information content (AvgIpc) is 2.92. The lowest BCUT2D eigenvalue weighted by Gasteiger charge is -2.25. The van der Waals surface area contributed by atoms with Gasteiger partial charge in [0.05, 0.1) is 24.3 Å². The summed E-state index contributed by atoms with van der Waals surface area (Å²) in [6.45, 7) is 2.22. The van der Waals surface area contributed by atoms with Crippen LogP contribution in [0.25, 0.3) is 5.76 Å². The van der Waals surface area contributed by atoms with Crippen LogP contribution in [0, 0.1) is 0 Å². The third-order valence-electron chi connectivity index (χ3n) is 4.61. The highest BCUT2D eigenvalue weighted by molar-refractivity contribution is 6.46. The fourth-order valence-electron chi connectivity index (χ4n) is 3.40. The molecular weight excluding hydrogens is 382 g/mol. The number of benzene rings is 2. The molecular formula is C21H20ClNO5. The number of phenols is 1. The molecule has 0 bridgehead atoms. The highest BCUT2D eigenvalue weighted by Gasteiger charge is 2.46. The first-order chi connectivity index (χ1) is 13.4. The molecule has 0 saturated carbocycles. The van der Waals surface area contributed by atoms with E-state index in [0.717, 1.165) is 0 Å². The van der Waals surface area contributed by atoms with Crippen molar-refractivity contribution >= 4 is 29.1 Å². The standard InChI is InChI=1S/C21H20ClNO5/c1-3-9-23-18(12-5-4-6-14(24)10-12)17(20(26)21(23)27)19(25)15-11-13(22)7-8-16(15)28-2/h4-8,10-11,18,24-25H,3,9H2,1-2H3/b19-17+. The van der Waals surface area contributed by atoms with Gasteiger partial charge in [-0.15, -0.1) is 0 Å². The predicted molar refractivity (Wildman–Crippen MR) is 105 cm³/mol. The molecule has 1 fully saturated rings. The Morgan fingerprint density at radius 1 is 1.21 bits per heavy atom. The number of nitrogens with zero attached hydrogens (tertiary/aromatic N) is 1. The van der Waals surface area contributed by atoms with Gasteiger partial charge in [-0.05, 0) is 42.3 Å². The highest BCUT2D eigenvalue weighted by Crippen LogP contribution is 2.41. The third-order valence-corrected chi connectivity index (χ3v) is 4.84. The van der Waals surface area contributed by atoms with Gasteiger partial charge in [0.25, 0.3) is 11.7 Å². The fraction of sp³-hybridized carbons (Fsp3) is 0.238. The number of hydrogen-bond donors (Lipinski definition) is 2. The number of aliphatic hydroxyl groups excluding tert-OH is 1. The van der Waals surface area contributed by atoms with Crippen molar-refractivity contribution in [2.75, 3.05) is 13.7 Å². The SMILES string of the molecule is CCCN1C(=O)C(=O)/C(=C(/O)c2cc(Cl)ccc2OC)C1c1cccc(O)c1. The summed E-state index contributed by atoms with van der Waals surface area (Å²) in [7, 11) is 1.43. The van der Waals surface area contributed by atoms with Crippen molar-refractivity contribution in [3.8, 4) is 11.5 Å². The van der Waals surface area contributed by atoms with Gasteiger partial charge in [-0.25, -0.2) is 0 Å². The van der Waals surface area contributed by atoms with Gasteiger partial charge in [-0.2, -0.15) is 0 Å². The molecule has 1 aliphatic heterocycles. The molecule has 0 aliphatic carbocycles. The summed E-state index contributed by atoms with van der Waals surface area (Å²) in [5, 5.41) is 21.2. The Kier molecular flexibility index (Phi) is 5.61. The zero-order chi connectivity index (χ0) is 20.4. The van der Waals surface area contributed by atoms with Crippen LogP contribution >= 0.6 is 11.6 Å². The number of aromatic hydroxyl groups is 1. The van der Waals surface area contributed by atoms with Crippen molar-refractivity contribution in [1.29, 1.82) is 0 Å². The summed E-state index contributed by atoms with van der Waals surface area (Å²) in [4.78, 5) is 26.9. The van der Waals surface area contributed by atoms with Crippen molar-refractivity contribution in [3.05, 3.63) is 64.2 Å². The second-order valence-corrected chi connectivity index (χ2v) is 6.87. The molecule has 6 nitrogen and oxygen atoms in total. The molecule has 7 heteroatoms. The van der Waals surface area contributed by atoms with E-state index in [1.807, 2.05) is 6.92 Å². The fourth-order valence-corrected chi connectivity index (χ4v) is 3.58. The summed E-state index contributed by atoms with van der Waals surface area (Å²) in [5.41, 5.74) is 0.675. The molecule has 3 rings (SSSR count). The van der Waals surface area contributed by atoms with E-state index in [0.29, 0.717) is 29.3 Å². The van der Waals surface area contributed by atoms with Crippen molar-refractivity contribution in [2.24, 2.45) is 0 Å². The van der Waals surface area contributed by atoms with Gasteiger partial charge in [0, 0.05) is 11.6 Å². The molecule has 2 aromatic rings. The molecule has 1 unspecified atom stereocenters. The van der Waals surface area contributed by atoms with Crippen LogP contribution in [0.2, 0.25) is 5.02 Å². The monoisotopic (exact) mass is 401 g/mol. The Morgan fingerprint density at radius 2 is 1.96 bits per heavy atom. The van der Waals surface area contributed by atoms with Gasteiger partial charge in [0.2, 0.25) is 0 Å². The van der Waals surface area contributed by atoms with Crippen LogP contribution in [0.15, 0.2) is 48.0 Å². The zero-order valence-electron chi connectivity index (χ0n) is 15.5. The van der Waals surface area contributed by atoms with Crippen LogP contribution in [0.3, 0.4) is 0 Å². The van der Waals surface area contributed by atoms with Crippen molar-refractivity contribution in [1.82, 2.24) is 4.90 Å². The minimum Gasteiger partial charge on any atom is -0.508 e. The molecule has 2 N–H and O–H groups in total. The minimum atomic E-state index is -0.823. The molecule has 1 saturated heterocycles. The molecule has 1 amide bonds. The van der Waals surface area contributed by atoms with Crippen LogP contribution in [-0.4, -0.2) is 40.5 Å². The minimum absolute atomic E-state index is 0.0000719. The number of carbonyl (C=O) groups is 2. The van der Waals surface area contributed by atoms with E-state index in [9.17, 15) is 19.8 Å². The number of hydrogen-bond acceptors (Lipinski definition) is 5. The maximum atomic E-state index is 12.8. The van der Waals surface area contributed by atoms with Crippen molar-refractivity contribution in [3.63, 3.8) is 0 Å². The lowest BCUT2D eigenvalue weighted by molar-refractivity contribution is -0.139. The number of aliphatic hydroxyl groups is 1. The molecule has 0 radical (unpaired) electrons.